The molecule has 1 aromatic rings. The molecule has 132 valence electrons. The van der Waals surface area contributed by atoms with E-state index in [1.54, 1.807) is 50.8 Å². The van der Waals surface area contributed by atoms with Gasteiger partial charge >= 0.3 is 5.97 Å². The van der Waals surface area contributed by atoms with Crippen molar-refractivity contribution < 1.29 is 20.1 Å². The van der Waals surface area contributed by atoms with Gasteiger partial charge in [-0.25, -0.2) is 9.78 Å². The lowest BCUT2D eigenvalue weighted by molar-refractivity contribution is -0.131. The number of aliphatic hydroxyl groups is 2. The minimum absolute atomic E-state index is 0.451. The number of carbonyl (C=O) groups is 1. The molecule has 2 atom stereocenters. The highest BCUT2D eigenvalue weighted by Crippen LogP contribution is 2.45. The Bertz CT molecular complexity index is 612. The van der Waals surface area contributed by atoms with Gasteiger partial charge < -0.3 is 20.3 Å². The lowest BCUT2D eigenvalue weighted by Crippen LogP contribution is -2.48. The van der Waals surface area contributed by atoms with Gasteiger partial charge in [0.25, 0.3) is 0 Å². The standard InChI is InChI=1S/C15H22O4.C3H4N2/c1-10(7-13(17)18)5-6-15(19)11(2)8-12(16)9-14(15,3)4;1-2-5-3-4-1/h5-8,12,16,19H,9H2,1-4H3,(H,17,18);1-3H,(H,4,5)/b6-5+,10-7+;. The van der Waals surface area contributed by atoms with Crippen LogP contribution in [0.25, 0.3) is 0 Å². The Hall–Kier alpha value is -2.18. The number of H-pyrrole nitrogens is 1. The van der Waals surface area contributed by atoms with Crippen LogP contribution in [-0.4, -0.2) is 43.0 Å². The van der Waals surface area contributed by atoms with E-state index in [4.69, 9.17) is 5.11 Å². The van der Waals surface area contributed by atoms with Gasteiger partial charge in [-0.15, -0.1) is 0 Å². The van der Waals surface area contributed by atoms with E-state index in [1.807, 2.05) is 13.8 Å². The Kier molecular flexibility index (Phi) is 6.69. The molecular weight excluding hydrogens is 308 g/mol. The maximum atomic E-state index is 10.8. The number of hydrogen-bond donors (Lipinski definition) is 4. The van der Waals surface area contributed by atoms with E-state index in [1.165, 1.54) is 0 Å². The number of aliphatic carboxylic acids is 1. The molecule has 1 aliphatic rings. The van der Waals surface area contributed by atoms with Crippen molar-refractivity contribution in [3.8, 4) is 0 Å². The normalized spacial score (nSPS) is 26.5. The van der Waals surface area contributed by atoms with E-state index in [-0.39, 0.29) is 0 Å². The molecule has 0 spiro atoms. The average molecular weight is 334 g/mol. The Labute approximate surface area is 142 Å². The summed E-state index contributed by atoms with van der Waals surface area (Å²) in [6.45, 7) is 7.20. The van der Waals surface area contributed by atoms with Gasteiger partial charge in [-0.05, 0) is 37.5 Å². The van der Waals surface area contributed by atoms with Gasteiger partial charge in [0, 0.05) is 23.9 Å². The summed E-state index contributed by atoms with van der Waals surface area (Å²) >= 11 is 0. The largest absolute Gasteiger partial charge is 0.478 e. The van der Waals surface area contributed by atoms with E-state index in [9.17, 15) is 15.0 Å². The van der Waals surface area contributed by atoms with Crippen LogP contribution >= 0.6 is 0 Å². The lowest BCUT2D eigenvalue weighted by atomic mass is 9.64. The van der Waals surface area contributed by atoms with Crippen LogP contribution in [0.15, 0.2) is 54.2 Å². The number of aromatic nitrogens is 2. The number of hydrogen-bond acceptors (Lipinski definition) is 4. The number of nitrogens with zero attached hydrogens (tertiary/aromatic N) is 1. The van der Waals surface area contributed by atoms with Crippen LogP contribution in [-0.2, 0) is 4.79 Å². The molecular formula is C18H26N2O4. The number of allylic oxidation sites excluding steroid dienone is 2. The van der Waals surface area contributed by atoms with Crippen molar-refractivity contribution in [1.82, 2.24) is 9.97 Å². The maximum absolute atomic E-state index is 10.8. The number of rotatable bonds is 3. The molecule has 1 aliphatic carbocycles. The van der Waals surface area contributed by atoms with E-state index < -0.39 is 23.1 Å². The first-order valence-corrected chi connectivity index (χ1v) is 7.71. The first kappa shape index (κ1) is 19.9. The summed E-state index contributed by atoms with van der Waals surface area (Å²) in [5.41, 5.74) is -0.475. The van der Waals surface area contributed by atoms with Gasteiger partial charge in [-0.1, -0.05) is 26.0 Å². The van der Waals surface area contributed by atoms with Gasteiger partial charge in [-0.2, -0.15) is 0 Å². The van der Waals surface area contributed by atoms with Gasteiger partial charge in [0.2, 0.25) is 0 Å². The molecule has 0 saturated carbocycles. The monoisotopic (exact) mass is 334 g/mol. The molecule has 4 N–H and O–H groups in total. The molecule has 0 aliphatic heterocycles. The molecule has 2 unspecified atom stereocenters. The number of aliphatic hydroxyl groups excluding tert-OH is 1. The molecule has 0 fully saturated rings. The second-order valence-corrected chi connectivity index (χ2v) is 6.59. The van der Waals surface area contributed by atoms with Crippen molar-refractivity contribution in [2.45, 2.75) is 45.8 Å². The highest BCUT2D eigenvalue weighted by Gasteiger charge is 2.46. The van der Waals surface area contributed by atoms with Crippen molar-refractivity contribution in [2.24, 2.45) is 5.41 Å². The van der Waals surface area contributed by atoms with Crippen molar-refractivity contribution >= 4 is 5.97 Å². The van der Waals surface area contributed by atoms with Crippen LogP contribution < -0.4 is 0 Å². The third kappa shape index (κ3) is 5.18. The zero-order valence-corrected chi connectivity index (χ0v) is 14.5. The van der Waals surface area contributed by atoms with Crippen molar-refractivity contribution in [2.75, 3.05) is 0 Å². The van der Waals surface area contributed by atoms with Crippen LogP contribution in [0, 0.1) is 5.41 Å². The van der Waals surface area contributed by atoms with Crippen LogP contribution in [0.4, 0.5) is 0 Å². The predicted molar refractivity (Wildman–Crippen MR) is 92.2 cm³/mol. The Morgan fingerprint density at radius 3 is 2.54 bits per heavy atom. The van der Waals surface area contributed by atoms with E-state index in [0.717, 1.165) is 6.08 Å². The number of imidazole rings is 1. The van der Waals surface area contributed by atoms with Crippen LogP contribution in [0.3, 0.4) is 0 Å². The molecule has 6 nitrogen and oxygen atoms in total. The topological polar surface area (TPSA) is 106 Å². The molecule has 1 heterocycles. The molecule has 0 saturated heterocycles. The molecule has 6 heteroatoms. The lowest BCUT2D eigenvalue weighted by Gasteiger charge is -2.46. The van der Waals surface area contributed by atoms with Crippen LogP contribution in [0.2, 0.25) is 0 Å². The van der Waals surface area contributed by atoms with E-state index in [2.05, 4.69) is 9.97 Å². The molecule has 1 aromatic heterocycles. The fourth-order valence-electron chi connectivity index (χ4n) is 2.75. The van der Waals surface area contributed by atoms with Crippen molar-refractivity contribution in [3.63, 3.8) is 0 Å². The third-order valence-corrected chi connectivity index (χ3v) is 4.14. The Morgan fingerprint density at radius 1 is 1.46 bits per heavy atom. The first-order chi connectivity index (χ1) is 11.1. The zero-order valence-electron chi connectivity index (χ0n) is 14.5. The van der Waals surface area contributed by atoms with Crippen LogP contribution in [0.5, 0.6) is 0 Å². The molecule has 0 aromatic carbocycles. The molecule has 24 heavy (non-hydrogen) atoms. The fourth-order valence-corrected chi connectivity index (χ4v) is 2.75. The summed E-state index contributed by atoms with van der Waals surface area (Å²) in [7, 11) is 0. The minimum atomic E-state index is -1.18. The fraction of sp³-hybridized carbons (Fsp3) is 0.444. The SMILES string of the molecule is CC1=CC(O)CC(C)(C)C1(O)/C=C/C(C)=C/C(=O)O.c1c[nH]cn1. The number of carboxylic acids is 1. The second-order valence-electron chi connectivity index (χ2n) is 6.59. The predicted octanol–water partition coefficient (Wildman–Crippen LogP) is 2.45. The highest BCUT2D eigenvalue weighted by atomic mass is 16.4. The second kappa shape index (κ2) is 8.08. The van der Waals surface area contributed by atoms with Gasteiger partial charge in [0.15, 0.2) is 0 Å². The first-order valence-electron chi connectivity index (χ1n) is 7.71. The molecule has 0 radical (unpaired) electrons. The quantitative estimate of drug-likeness (QED) is 0.386. The number of carboxylic acid groups (broad SMARTS) is 1. The Balaban J connectivity index is 0.000000488. The van der Waals surface area contributed by atoms with E-state index >= 15 is 0 Å². The molecule has 0 bridgehead atoms. The third-order valence-electron chi connectivity index (χ3n) is 4.14. The Morgan fingerprint density at radius 2 is 2.12 bits per heavy atom. The van der Waals surface area contributed by atoms with Gasteiger partial charge in [0.1, 0.15) is 5.60 Å². The van der Waals surface area contributed by atoms with Crippen LogP contribution in [0.1, 0.15) is 34.1 Å². The highest BCUT2D eigenvalue weighted by molar-refractivity contribution is 5.81. The maximum Gasteiger partial charge on any atom is 0.328 e. The number of aromatic amines is 1. The summed E-state index contributed by atoms with van der Waals surface area (Å²) < 4.78 is 0. The van der Waals surface area contributed by atoms with Crippen molar-refractivity contribution in [1.29, 1.82) is 0 Å². The smallest absolute Gasteiger partial charge is 0.328 e. The molecule has 0 amide bonds. The summed E-state index contributed by atoms with van der Waals surface area (Å²) in [5, 5.41) is 29.2. The van der Waals surface area contributed by atoms with Gasteiger partial charge in [-0.3, -0.25) is 0 Å². The summed E-state index contributed by atoms with van der Waals surface area (Å²) in [6.07, 6.45) is 10.9. The van der Waals surface area contributed by atoms with E-state index in [0.29, 0.717) is 17.6 Å². The van der Waals surface area contributed by atoms with Gasteiger partial charge in [0.05, 0.1) is 12.4 Å². The average Bonchev–Trinajstić information content (AvgIpc) is 3.00. The summed E-state index contributed by atoms with van der Waals surface area (Å²) in [4.78, 5) is 17.0. The molecule has 2 rings (SSSR count). The summed E-state index contributed by atoms with van der Waals surface area (Å²) in [5.74, 6) is -1.01. The minimum Gasteiger partial charge on any atom is -0.478 e. The summed E-state index contributed by atoms with van der Waals surface area (Å²) in [6, 6.07) is 0. The van der Waals surface area contributed by atoms with Crippen molar-refractivity contribution in [3.05, 3.63) is 54.2 Å². The zero-order chi connectivity index (χ0) is 18.4. The number of nitrogens with one attached hydrogen (secondary N) is 1.